The smallest absolute Gasteiger partial charge is 0.340 e. The minimum absolute atomic E-state index is 0.0695. The van der Waals surface area contributed by atoms with E-state index in [9.17, 15) is 14.0 Å². The van der Waals surface area contributed by atoms with Gasteiger partial charge in [0.15, 0.2) is 6.10 Å². The first-order valence-electron chi connectivity index (χ1n) is 6.12. The molecule has 1 aromatic rings. The summed E-state index contributed by atoms with van der Waals surface area (Å²) in [6.07, 6.45) is -0.726. The summed E-state index contributed by atoms with van der Waals surface area (Å²) in [6.45, 7) is 0.544. The fourth-order valence-corrected chi connectivity index (χ4v) is 1.95. The molecular weight excluding hydrogens is 281 g/mol. The number of ether oxygens (including phenoxy) is 1. The van der Waals surface area contributed by atoms with Crippen LogP contribution in [0.2, 0.25) is 0 Å². The second kappa shape index (κ2) is 6.19. The Labute approximate surface area is 119 Å². The van der Waals surface area contributed by atoms with Crippen LogP contribution >= 0.6 is 0 Å². The molecule has 2 amide bonds. The third kappa shape index (κ3) is 3.27. The number of carbonyl (C=O) groups excluding carboxylic acids is 1. The molecule has 0 bridgehead atoms. The highest BCUT2D eigenvalue weighted by atomic mass is 19.1. The van der Waals surface area contributed by atoms with E-state index in [0.29, 0.717) is 0 Å². The Bertz CT molecular complexity index is 614. The van der Waals surface area contributed by atoms with Crippen molar-refractivity contribution >= 4 is 17.7 Å². The number of hydrogen-bond donors (Lipinski definition) is 2. The number of urea groups is 1. The van der Waals surface area contributed by atoms with Crippen LogP contribution in [0.4, 0.5) is 14.9 Å². The molecule has 0 aromatic heterocycles. The maximum Gasteiger partial charge on any atom is 0.340 e. The highest BCUT2D eigenvalue weighted by Crippen LogP contribution is 2.20. The summed E-state index contributed by atoms with van der Waals surface area (Å²) in [4.78, 5) is 24.4. The number of nitriles is 1. The minimum atomic E-state index is -1.47. The van der Waals surface area contributed by atoms with Crippen molar-refractivity contribution in [3.8, 4) is 6.07 Å². The lowest BCUT2D eigenvalue weighted by molar-refractivity contribution is 0.0181. The zero-order valence-electron chi connectivity index (χ0n) is 10.9. The average Bonchev–Trinajstić information content (AvgIpc) is 2.47. The van der Waals surface area contributed by atoms with Crippen molar-refractivity contribution in [2.45, 2.75) is 6.10 Å². The van der Waals surface area contributed by atoms with E-state index in [1.165, 1.54) is 17.0 Å². The molecule has 1 aromatic carbocycles. The van der Waals surface area contributed by atoms with Gasteiger partial charge in [0.05, 0.1) is 24.9 Å². The van der Waals surface area contributed by atoms with Gasteiger partial charge in [-0.2, -0.15) is 5.26 Å². The molecule has 0 radical (unpaired) electrons. The van der Waals surface area contributed by atoms with E-state index in [2.05, 4.69) is 5.32 Å². The van der Waals surface area contributed by atoms with Gasteiger partial charge < -0.3 is 20.1 Å². The maximum absolute atomic E-state index is 13.5. The highest BCUT2D eigenvalue weighted by molar-refractivity contribution is 6.00. The topological polar surface area (TPSA) is 103 Å². The lowest BCUT2D eigenvalue weighted by Crippen LogP contribution is -2.47. The summed E-state index contributed by atoms with van der Waals surface area (Å²) in [5.41, 5.74) is -0.733. The van der Waals surface area contributed by atoms with Crippen LogP contribution in [0.15, 0.2) is 18.2 Å². The number of morpholine rings is 1. The highest BCUT2D eigenvalue weighted by Gasteiger charge is 2.25. The lowest BCUT2D eigenvalue weighted by Gasteiger charge is -2.29. The number of carbonyl (C=O) groups is 2. The summed E-state index contributed by atoms with van der Waals surface area (Å²) in [5.74, 6) is -2.41. The fourth-order valence-electron chi connectivity index (χ4n) is 1.95. The monoisotopic (exact) mass is 293 g/mol. The first-order chi connectivity index (χ1) is 10.0. The SMILES string of the molecule is N#CC1CN(C(=O)Nc2cccc(F)c2C(=O)O)CCO1. The summed E-state index contributed by atoms with van der Waals surface area (Å²) < 4.78 is 18.6. The van der Waals surface area contributed by atoms with E-state index in [1.54, 1.807) is 0 Å². The van der Waals surface area contributed by atoms with Crippen LogP contribution in [0.25, 0.3) is 0 Å². The van der Waals surface area contributed by atoms with Crippen molar-refractivity contribution in [2.75, 3.05) is 25.0 Å². The molecule has 0 spiro atoms. The zero-order chi connectivity index (χ0) is 15.4. The Hall–Kier alpha value is -2.66. The zero-order valence-corrected chi connectivity index (χ0v) is 10.9. The van der Waals surface area contributed by atoms with Gasteiger partial charge in [-0.1, -0.05) is 6.07 Å². The molecule has 1 heterocycles. The Morgan fingerprint density at radius 1 is 1.52 bits per heavy atom. The van der Waals surface area contributed by atoms with E-state index >= 15 is 0 Å². The quantitative estimate of drug-likeness (QED) is 0.855. The first-order valence-corrected chi connectivity index (χ1v) is 6.12. The number of nitrogens with zero attached hydrogens (tertiary/aromatic N) is 2. The third-order valence-corrected chi connectivity index (χ3v) is 2.97. The predicted molar refractivity (Wildman–Crippen MR) is 69.3 cm³/mol. The molecule has 7 nitrogen and oxygen atoms in total. The number of rotatable bonds is 2. The molecule has 1 saturated heterocycles. The van der Waals surface area contributed by atoms with Gasteiger partial charge >= 0.3 is 12.0 Å². The van der Waals surface area contributed by atoms with Gasteiger partial charge in [0, 0.05) is 6.54 Å². The van der Waals surface area contributed by atoms with Crippen LogP contribution in [0, 0.1) is 17.1 Å². The van der Waals surface area contributed by atoms with E-state index in [1.807, 2.05) is 6.07 Å². The molecule has 21 heavy (non-hydrogen) atoms. The molecule has 0 aliphatic carbocycles. The van der Waals surface area contributed by atoms with Crippen molar-refractivity contribution in [2.24, 2.45) is 0 Å². The molecule has 0 saturated carbocycles. The number of anilines is 1. The van der Waals surface area contributed by atoms with Gasteiger partial charge in [0.2, 0.25) is 0 Å². The number of carboxylic acid groups (broad SMARTS) is 1. The van der Waals surface area contributed by atoms with Crippen molar-refractivity contribution in [1.82, 2.24) is 4.90 Å². The molecular formula is C13H12FN3O4. The van der Waals surface area contributed by atoms with Gasteiger partial charge in [-0.15, -0.1) is 0 Å². The Kier molecular flexibility index (Phi) is 4.35. The molecule has 1 fully saturated rings. The molecule has 110 valence electrons. The molecule has 1 unspecified atom stereocenters. The Morgan fingerprint density at radius 2 is 2.29 bits per heavy atom. The number of nitrogens with one attached hydrogen (secondary N) is 1. The fraction of sp³-hybridized carbons (Fsp3) is 0.308. The van der Waals surface area contributed by atoms with E-state index < -0.39 is 29.5 Å². The Balaban J connectivity index is 2.15. The Morgan fingerprint density at radius 3 is 2.95 bits per heavy atom. The molecule has 1 aliphatic rings. The third-order valence-electron chi connectivity index (χ3n) is 2.97. The number of benzene rings is 1. The minimum Gasteiger partial charge on any atom is -0.478 e. The second-order valence-corrected chi connectivity index (χ2v) is 4.33. The van der Waals surface area contributed by atoms with Gasteiger partial charge in [-0.05, 0) is 12.1 Å². The van der Waals surface area contributed by atoms with Crippen LogP contribution in [-0.2, 0) is 4.74 Å². The van der Waals surface area contributed by atoms with Crippen LogP contribution in [0.5, 0.6) is 0 Å². The van der Waals surface area contributed by atoms with E-state index in [0.717, 1.165) is 6.07 Å². The molecule has 2 N–H and O–H groups in total. The normalized spacial score (nSPS) is 17.9. The second-order valence-electron chi connectivity index (χ2n) is 4.33. The number of halogens is 1. The van der Waals surface area contributed by atoms with E-state index in [4.69, 9.17) is 15.1 Å². The number of amides is 2. The summed E-state index contributed by atoms with van der Waals surface area (Å²) >= 11 is 0. The number of carboxylic acids is 1. The maximum atomic E-state index is 13.5. The van der Waals surface area contributed by atoms with Crippen molar-refractivity contribution in [3.05, 3.63) is 29.6 Å². The molecule has 2 rings (SSSR count). The largest absolute Gasteiger partial charge is 0.478 e. The van der Waals surface area contributed by atoms with Crippen LogP contribution < -0.4 is 5.32 Å². The summed E-state index contributed by atoms with van der Waals surface area (Å²) in [5, 5.41) is 20.1. The van der Waals surface area contributed by atoms with Gasteiger partial charge in [0.1, 0.15) is 11.4 Å². The number of hydrogen-bond acceptors (Lipinski definition) is 4. The summed E-state index contributed by atoms with van der Waals surface area (Å²) in [6, 6.07) is 4.89. The van der Waals surface area contributed by atoms with Gasteiger partial charge in [0.25, 0.3) is 0 Å². The standard InChI is InChI=1S/C13H12FN3O4/c14-9-2-1-3-10(11(9)12(18)19)16-13(20)17-4-5-21-8(6-15)7-17/h1-3,8H,4-5,7H2,(H,16,20)(H,18,19). The predicted octanol–water partition coefficient (Wildman–Crippen LogP) is 1.28. The summed E-state index contributed by atoms with van der Waals surface area (Å²) in [7, 11) is 0. The van der Waals surface area contributed by atoms with E-state index in [-0.39, 0.29) is 25.4 Å². The van der Waals surface area contributed by atoms with Crippen molar-refractivity contribution < 1.29 is 23.8 Å². The van der Waals surface area contributed by atoms with Gasteiger partial charge in [-0.25, -0.2) is 14.0 Å². The van der Waals surface area contributed by atoms with Gasteiger partial charge in [-0.3, -0.25) is 0 Å². The molecule has 8 heteroatoms. The van der Waals surface area contributed by atoms with Crippen molar-refractivity contribution in [1.29, 1.82) is 5.26 Å². The molecule has 1 aliphatic heterocycles. The lowest BCUT2D eigenvalue weighted by atomic mass is 10.1. The van der Waals surface area contributed by atoms with Crippen LogP contribution in [0.1, 0.15) is 10.4 Å². The number of aromatic carboxylic acids is 1. The molecule has 1 atom stereocenters. The first kappa shape index (κ1) is 14.7. The van der Waals surface area contributed by atoms with Crippen LogP contribution in [0.3, 0.4) is 0 Å². The van der Waals surface area contributed by atoms with Crippen LogP contribution in [-0.4, -0.2) is 47.8 Å². The van der Waals surface area contributed by atoms with Crippen molar-refractivity contribution in [3.63, 3.8) is 0 Å². The average molecular weight is 293 g/mol.